The Morgan fingerprint density at radius 2 is 1.98 bits per heavy atom. The van der Waals surface area contributed by atoms with Crippen LogP contribution in [0.3, 0.4) is 0 Å². The summed E-state index contributed by atoms with van der Waals surface area (Å²) in [5.74, 6) is -0.190. The molecule has 4 aromatic rings. The van der Waals surface area contributed by atoms with Gasteiger partial charge in [0.15, 0.2) is 23.1 Å². The molecule has 3 aliphatic heterocycles. The summed E-state index contributed by atoms with van der Waals surface area (Å²) >= 11 is 11.7. The summed E-state index contributed by atoms with van der Waals surface area (Å²) in [4.78, 5) is 45.3. The lowest BCUT2D eigenvalue weighted by Crippen LogP contribution is -2.37. The van der Waals surface area contributed by atoms with E-state index in [0.29, 0.717) is 17.0 Å². The van der Waals surface area contributed by atoms with E-state index in [1.165, 1.54) is 21.6 Å². The highest BCUT2D eigenvalue weighted by molar-refractivity contribution is 8.07. The number of nitrogen functional groups attached to an aromatic ring is 2. The van der Waals surface area contributed by atoms with Gasteiger partial charge in [0.2, 0.25) is 5.95 Å². The van der Waals surface area contributed by atoms with Crippen LogP contribution in [0.2, 0.25) is 0 Å². The molecule has 0 radical (unpaired) electrons. The smallest absolute Gasteiger partial charge is 0.327 e. The molecule has 0 spiro atoms. The van der Waals surface area contributed by atoms with Crippen LogP contribution in [-0.2, 0) is 46.4 Å². The number of hydrogen-bond donors (Lipinski definition) is 6. The van der Waals surface area contributed by atoms with Crippen molar-refractivity contribution in [2.24, 2.45) is 0 Å². The molecule has 4 aromatic heterocycles. The van der Waals surface area contributed by atoms with Crippen molar-refractivity contribution in [3.8, 4) is 0 Å². The van der Waals surface area contributed by atoms with Gasteiger partial charge in [-0.2, -0.15) is 10.1 Å². The Hall–Kier alpha value is -2.17. The number of hydrogen-bond acceptors (Lipinski definition) is 17. The number of fused-ring (bicyclic) bond motifs is 5. The van der Waals surface area contributed by atoms with Crippen molar-refractivity contribution in [1.82, 2.24) is 39.6 Å². The second kappa shape index (κ2) is 10.7. The minimum absolute atomic E-state index is 0.00230. The molecule has 0 amide bonds. The lowest BCUT2D eigenvalue weighted by Gasteiger charge is -2.30. The van der Waals surface area contributed by atoms with Gasteiger partial charge in [0.05, 0.1) is 41.7 Å². The Bertz CT molecular complexity index is 1890. The first-order valence-corrected chi connectivity index (χ1v) is 18.5. The third kappa shape index (κ3) is 5.39. The fourth-order valence-electron chi connectivity index (χ4n) is 5.03. The summed E-state index contributed by atoms with van der Waals surface area (Å²) < 4.78 is 31.8. The average molecular weight is 693 g/mol. The van der Waals surface area contributed by atoms with Gasteiger partial charge < -0.3 is 35.6 Å². The molecule has 0 aliphatic carbocycles. The predicted molar refractivity (Wildman–Crippen MR) is 156 cm³/mol. The van der Waals surface area contributed by atoms with Crippen LogP contribution in [-0.4, -0.2) is 90.9 Å². The molecule has 19 nitrogen and oxygen atoms in total. The fraction of sp³-hybridized carbons (Fsp3) is 0.474. The quantitative estimate of drug-likeness (QED) is 0.144. The highest BCUT2D eigenvalue weighted by atomic mass is 32.5. The summed E-state index contributed by atoms with van der Waals surface area (Å²) in [5, 5.41) is 21.6. The third-order valence-electron chi connectivity index (χ3n) is 6.91. The van der Waals surface area contributed by atoms with E-state index in [-0.39, 0.29) is 30.1 Å². The highest BCUT2D eigenvalue weighted by Crippen LogP contribution is 2.58. The maximum atomic E-state index is 12.3. The van der Waals surface area contributed by atoms with Crippen LogP contribution >= 0.6 is 25.2 Å². The van der Waals surface area contributed by atoms with Gasteiger partial charge in [-0.3, -0.25) is 23.3 Å². The molecule has 230 valence electrons. The summed E-state index contributed by atoms with van der Waals surface area (Å²) in [5.41, 5.74) is 12.3. The number of nitrogens with two attached hydrogens (primary N) is 2. The number of nitrogens with one attached hydrogen (secondary N) is 1. The number of aromatic nitrogens is 8. The number of aliphatic hydroxyl groups excluding tert-OH is 1. The Morgan fingerprint density at radius 1 is 1.16 bits per heavy atom. The minimum atomic E-state index is -4.23. The Kier molecular flexibility index (Phi) is 7.37. The van der Waals surface area contributed by atoms with Gasteiger partial charge in [0.1, 0.15) is 23.7 Å². The number of aromatic amines is 1. The molecule has 24 heteroatoms. The summed E-state index contributed by atoms with van der Waals surface area (Å²) in [7, 11) is 0. The Labute approximate surface area is 254 Å². The Morgan fingerprint density at radius 3 is 2.79 bits per heavy atom. The van der Waals surface area contributed by atoms with Gasteiger partial charge in [-0.05, 0) is 29.7 Å². The number of H-pyrrole nitrogens is 1. The first-order valence-electron chi connectivity index (χ1n) is 12.4. The maximum Gasteiger partial charge on any atom is 0.327 e. The maximum absolute atomic E-state index is 12.3. The number of nitrogens with zero attached hydrogens (tertiary/aromatic N) is 7. The standard InChI is InChI=1S/C19H22N10O9P2S3/c20-6-1-2-23-28-7(4-22-14(6)28)8-3-9-18(35-8)38-40(33,42)37-13-12(30)10(5-34-39(32,41)36-9)43-17(13)29-15-11(26-27-29)16(31)25-19(21)24-15/h1-2,4,8-10,12-13,17-18,30H,3,5,20H2,(H,32,41)(H,33,42)(H3,21,24,25,31)/t8-,9+,10-,12-,13-,17-,18-,39?,40?/m1/s1. The van der Waals surface area contributed by atoms with Gasteiger partial charge in [0, 0.05) is 6.42 Å². The van der Waals surface area contributed by atoms with Crippen LogP contribution in [0.25, 0.3) is 16.8 Å². The van der Waals surface area contributed by atoms with Crippen LogP contribution in [0.4, 0.5) is 11.6 Å². The van der Waals surface area contributed by atoms with E-state index < -0.39 is 60.3 Å². The summed E-state index contributed by atoms with van der Waals surface area (Å²) in [6, 6.07) is 1.60. The van der Waals surface area contributed by atoms with Gasteiger partial charge >= 0.3 is 13.4 Å². The van der Waals surface area contributed by atoms with E-state index in [4.69, 9.17) is 57.9 Å². The van der Waals surface area contributed by atoms with Crippen molar-refractivity contribution >= 4 is 77.3 Å². The van der Waals surface area contributed by atoms with Crippen LogP contribution in [0.15, 0.2) is 23.3 Å². The van der Waals surface area contributed by atoms with Gasteiger partial charge in [-0.15, -0.1) is 16.9 Å². The largest absolute Gasteiger partial charge is 0.396 e. The zero-order chi connectivity index (χ0) is 30.3. The Balaban J connectivity index is 1.23. The van der Waals surface area contributed by atoms with E-state index >= 15 is 0 Å². The van der Waals surface area contributed by atoms with Crippen molar-refractivity contribution in [3.05, 3.63) is 34.5 Å². The molecule has 0 aromatic carbocycles. The molecule has 43 heavy (non-hydrogen) atoms. The number of aliphatic hydroxyl groups is 1. The number of ether oxygens (including phenoxy) is 1. The molecule has 3 saturated heterocycles. The zero-order valence-electron chi connectivity index (χ0n) is 21.4. The molecule has 2 bridgehead atoms. The molecule has 3 aliphatic rings. The summed E-state index contributed by atoms with van der Waals surface area (Å²) in [6.07, 6.45) is -2.77. The SMILES string of the molecule is Nc1nc2c(nnn2[C@@H]2S[C@@H]3COP(O)(=S)O[C@H]4C[C@H](c5cnc6c(N)ccnn56)O[C@@H]4OP(O)(=S)O[C@@H]2[C@@H]3O)c(=O)[nH]1. The van der Waals surface area contributed by atoms with Crippen LogP contribution in [0.1, 0.15) is 23.6 Å². The number of thioether (sulfide) groups is 1. The molecular formula is C19H22N10O9P2S3. The predicted octanol–water partition coefficient (Wildman–Crippen LogP) is -0.565. The normalized spacial score (nSPS) is 36.9. The van der Waals surface area contributed by atoms with Gasteiger partial charge in [-0.25, -0.2) is 14.2 Å². The van der Waals surface area contributed by atoms with E-state index in [9.17, 15) is 19.7 Å². The van der Waals surface area contributed by atoms with Gasteiger partial charge in [-0.1, -0.05) is 5.21 Å². The molecule has 9 atom stereocenters. The molecule has 7 heterocycles. The molecule has 0 saturated carbocycles. The van der Waals surface area contributed by atoms with Crippen molar-refractivity contribution < 1.29 is 37.7 Å². The molecule has 2 unspecified atom stereocenters. The van der Waals surface area contributed by atoms with E-state index in [0.717, 1.165) is 11.8 Å². The van der Waals surface area contributed by atoms with E-state index in [1.807, 2.05) is 0 Å². The van der Waals surface area contributed by atoms with Crippen LogP contribution in [0, 0.1) is 0 Å². The number of rotatable bonds is 2. The number of imidazole rings is 1. The van der Waals surface area contributed by atoms with Crippen LogP contribution < -0.4 is 17.0 Å². The second-order valence-corrected chi connectivity index (χ2v) is 16.6. The van der Waals surface area contributed by atoms with Gasteiger partial charge in [0.25, 0.3) is 5.56 Å². The molecule has 3 fully saturated rings. The molecule has 7 rings (SSSR count). The van der Waals surface area contributed by atoms with Crippen molar-refractivity contribution in [1.29, 1.82) is 0 Å². The summed E-state index contributed by atoms with van der Waals surface area (Å²) in [6.45, 7) is -8.48. The first kappa shape index (κ1) is 29.5. The first-order chi connectivity index (χ1) is 20.4. The van der Waals surface area contributed by atoms with Crippen molar-refractivity contribution in [2.75, 3.05) is 18.1 Å². The molecule has 8 N–H and O–H groups in total. The van der Waals surface area contributed by atoms with E-state index in [2.05, 4.69) is 30.4 Å². The average Bonchev–Trinajstić information content (AvgIpc) is 3.69. The third-order valence-corrected chi connectivity index (χ3v) is 11.5. The topological polar surface area (TPSA) is 266 Å². The lowest BCUT2D eigenvalue weighted by molar-refractivity contribution is -0.120. The lowest BCUT2D eigenvalue weighted by atomic mass is 10.1. The van der Waals surface area contributed by atoms with E-state index in [1.54, 1.807) is 6.07 Å². The second-order valence-electron chi connectivity index (χ2n) is 9.70. The van der Waals surface area contributed by atoms with Crippen molar-refractivity contribution in [3.63, 3.8) is 0 Å². The fourth-order valence-corrected chi connectivity index (χ4v) is 9.71. The monoisotopic (exact) mass is 692 g/mol. The van der Waals surface area contributed by atoms with Crippen molar-refractivity contribution in [2.45, 2.75) is 47.8 Å². The number of anilines is 2. The van der Waals surface area contributed by atoms with Crippen LogP contribution in [0.5, 0.6) is 0 Å². The minimum Gasteiger partial charge on any atom is -0.396 e. The highest BCUT2D eigenvalue weighted by Gasteiger charge is 2.52. The zero-order valence-corrected chi connectivity index (χ0v) is 25.6. The molecular weight excluding hydrogens is 670 g/mol.